The Morgan fingerprint density at radius 2 is 2.12 bits per heavy atom. The fourth-order valence-electron chi connectivity index (χ4n) is 3.61. The molecule has 0 bridgehead atoms. The number of nitrogens with zero attached hydrogens (tertiary/aromatic N) is 3. The Labute approximate surface area is 190 Å². The van der Waals surface area contributed by atoms with Crippen molar-refractivity contribution in [3.63, 3.8) is 0 Å². The lowest BCUT2D eigenvalue weighted by Gasteiger charge is -2.34. The van der Waals surface area contributed by atoms with Gasteiger partial charge in [0.2, 0.25) is 5.96 Å². The van der Waals surface area contributed by atoms with E-state index in [1.807, 2.05) is 12.1 Å². The van der Waals surface area contributed by atoms with E-state index >= 15 is 0 Å². The number of nitrogens with two attached hydrogens (primary N) is 1. The number of methoxy groups -OCH3 is 2. The summed E-state index contributed by atoms with van der Waals surface area (Å²) in [5.74, 6) is 0.512. The molecule has 174 valence electrons. The number of aliphatic imine (C=N–C) groups is 1. The third-order valence-corrected chi connectivity index (χ3v) is 7.08. The van der Waals surface area contributed by atoms with Gasteiger partial charge < -0.3 is 20.5 Å². The molecule has 1 aromatic carbocycles. The Balaban J connectivity index is 1.91. The average molecular weight is 464 g/mol. The van der Waals surface area contributed by atoms with Crippen molar-refractivity contribution in [1.29, 1.82) is 0 Å². The molecule has 0 aliphatic carbocycles. The number of aromatic nitrogens is 1. The lowest BCUT2D eigenvalue weighted by molar-refractivity contribution is 0.191. The molecule has 0 amide bonds. The van der Waals surface area contributed by atoms with Crippen LogP contribution in [-0.2, 0) is 21.3 Å². The molecule has 1 aliphatic rings. The van der Waals surface area contributed by atoms with E-state index in [2.05, 4.69) is 15.3 Å². The number of guanidine groups is 1. The van der Waals surface area contributed by atoms with Crippen molar-refractivity contribution >= 4 is 22.6 Å². The first-order valence-electron chi connectivity index (χ1n) is 10.3. The molecule has 1 aliphatic heterocycles. The molecule has 10 heteroatoms. The smallest absolute Gasteiger partial charge is 0.204 e. The normalized spacial score (nSPS) is 21.7. The molecule has 32 heavy (non-hydrogen) atoms. The highest BCUT2D eigenvalue weighted by Crippen LogP contribution is 2.35. The average Bonchev–Trinajstić information content (AvgIpc) is 2.78. The van der Waals surface area contributed by atoms with Crippen LogP contribution in [0.1, 0.15) is 37.1 Å². The minimum absolute atomic E-state index is 0.120. The molecule has 0 fully saturated rings. The first-order valence-corrected chi connectivity index (χ1v) is 11.6. The molecule has 1 aromatic heterocycles. The Hall–Kier alpha value is -2.72. The Morgan fingerprint density at radius 1 is 1.34 bits per heavy atom. The van der Waals surface area contributed by atoms with Gasteiger partial charge in [0.05, 0.1) is 30.8 Å². The Morgan fingerprint density at radius 3 is 2.75 bits per heavy atom. The van der Waals surface area contributed by atoms with Gasteiger partial charge in [-0.25, -0.2) is 13.6 Å². The zero-order valence-corrected chi connectivity index (χ0v) is 19.6. The predicted molar refractivity (Wildman–Crippen MR) is 124 cm³/mol. The molecular weight excluding hydrogens is 433 g/mol. The van der Waals surface area contributed by atoms with E-state index in [0.29, 0.717) is 23.6 Å². The summed E-state index contributed by atoms with van der Waals surface area (Å²) in [4.78, 5) is 8.96. The quantitative estimate of drug-likeness (QED) is 0.555. The molecule has 3 rings (SSSR count). The number of hydrogen-bond acceptors (Lipinski definition) is 7. The van der Waals surface area contributed by atoms with E-state index in [4.69, 9.17) is 15.2 Å². The monoisotopic (exact) mass is 463 g/mol. The molecule has 0 saturated carbocycles. The van der Waals surface area contributed by atoms with Crippen LogP contribution in [0.15, 0.2) is 41.5 Å². The first kappa shape index (κ1) is 23.9. The summed E-state index contributed by atoms with van der Waals surface area (Å²) in [6, 6.07) is 8.41. The van der Waals surface area contributed by atoms with Crippen molar-refractivity contribution in [1.82, 2.24) is 9.29 Å². The number of halogens is 1. The molecule has 3 atom stereocenters. The van der Waals surface area contributed by atoms with Gasteiger partial charge in [0, 0.05) is 32.0 Å². The van der Waals surface area contributed by atoms with Crippen LogP contribution in [0.25, 0.3) is 0 Å². The molecular formula is C22H30FN5O3S. The van der Waals surface area contributed by atoms with Crippen LogP contribution >= 0.6 is 0 Å². The molecule has 8 nitrogen and oxygen atoms in total. The summed E-state index contributed by atoms with van der Waals surface area (Å²) < 4.78 is 39.1. The van der Waals surface area contributed by atoms with Gasteiger partial charge in [-0.2, -0.15) is 0 Å². The maximum absolute atomic E-state index is 14.8. The molecule has 0 radical (unpaired) electrons. The largest absolute Gasteiger partial charge is 0.495 e. The minimum Gasteiger partial charge on any atom is -0.495 e. The molecule has 0 saturated heterocycles. The highest BCUT2D eigenvalue weighted by molar-refractivity contribution is 7.83. The van der Waals surface area contributed by atoms with Crippen LogP contribution in [0.3, 0.4) is 0 Å². The first-order chi connectivity index (χ1) is 15.3. The molecule has 3 N–H and O–H groups in total. The lowest BCUT2D eigenvalue weighted by atomic mass is 9.93. The maximum Gasteiger partial charge on any atom is 0.204 e. The lowest BCUT2D eigenvalue weighted by Crippen LogP contribution is -2.47. The second-order valence-corrected chi connectivity index (χ2v) is 9.34. The second kappa shape index (κ2) is 10.3. The van der Waals surface area contributed by atoms with Gasteiger partial charge in [-0.1, -0.05) is 0 Å². The minimum atomic E-state index is -1.39. The third-order valence-electron chi connectivity index (χ3n) is 5.47. The van der Waals surface area contributed by atoms with E-state index in [9.17, 15) is 8.60 Å². The van der Waals surface area contributed by atoms with Gasteiger partial charge in [0.15, 0.2) is 0 Å². The summed E-state index contributed by atoms with van der Waals surface area (Å²) in [7, 11) is 3.47. The van der Waals surface area contributed by atoms with Crippen molar-refractivity contribution in [2.75, 3.05) is 38.9 Å². The van der Waals surface area contributed by atoms with Crippen LogP contribution in [-0.4, -0.2) is 53.1 Å². The van der Waals surface area contributed by atoms with Gasteiger partial charge in [-0.3, -0.25) is 9.29 Å². The standard InChI is InChI=1S/C22H30FN5O3S/c1-22(14-32(29)28(2)21(24)27-22)17-12-15(7-9-18(17)23)26-20(6-5-11-30-3)19-10-8-16(31-4)13-25-19/h7-10,12-13,20,26H,5-6,11,14H2,1-4H3,(H2,24,27)/t20?,22-,32?/m0/s1. The fraction of sp³-hybridized carbons (Fsp3) is 0.455. The van der Waals surface area contributed by atoms with Gasteiger partial charge in [-0.05, 0) is 50.1 Å². The third kappa shape index (κ3) is 5.36. The van der Waals surface area contributed by atoms with Crippen molar-refractivity contribution in [2.45, 2.75) is 31.3 Å². The topological polar surface area (TPSA) is 102 Å². The molecule has 0 spiro atoms. The summed E-state index contributed by atoms with van der Waals surface area (Å²) in [6.07, 6.45) is 3.25. The zero-order valence-electron chi connectivity index (χ0n) is 18.8. The van der Waals surface area contributed by atoms with Gasteiger partial charge in [0.1, 0.15) is 28.1 Å². The number of ether oxygens (including phenoxy) is 2. The molecule has 2 heterocycles. The summed E-state index contributed by atoms with van der Waals surface area (Å²) in [6.45, 7) is 2.36. The zero-order chi connectivity index (χ0) is 23.3. The number of rotatable bonds is 9. The number of anilines is 1. The van der Waals surface area contributed by atoms with Crippen LogP contribution in [0, 0.1) is 5.82 Å². The van der Waals surface area contributed by atoms with Gasteiger partial charge in [-0.15, -0.1) is 0 Å². The van der Waals surface area contributed by atoms with Crippen molar-refractivity contribution < 1.29 is 18.1 Å². The van der Waals surface area contributed by atoms with Crippen LogP contribution in [0.5, 0.6) is 5.75 Å². The number of hydrogen-bond donors (Lipinski definition) is 2. The maximum atomic E-state index is 14.8. The number of benzene rings is 1. The SMILES string of the molecule is COCCCC(Nc1ccc(F)c([C@]2(C)CS(=O)N(C)C(N)=N2)c1)c1ccc(OC)cn1. The molecule has 2 unspecified atom stereocenters. The van der Waals surface area contributed by atoms with E-state index in [0.717, 1.165) is 18.5 Å². The van der Waals surface area contributed by atoms with Crippen molar-refractivity contribution in [2.24, 2.45) is 10.7 Å². The summed E-state index contributed by atoms with van der Waals surface area (Å²) in [5, 5.41) is 3.46. The number of pyridine rings is 1. The predicted octanol–water partition coefficient (Wildman–Crippen LogP) is 2.95. The highest BCUT2D eigenvalue weighted by atomic mass is 32.2. The number of nitrogens with one attached hydrogen (secondary N) is 1. The van der Waals surface area contributed by atoms with Crippen molar-refractivity contribution in [3.05, 3.63) is 53.6 Å². The Kier molecular flexibility index (Phi) is 7.68. The van der Waals surface area contributed by atoms with Crippen LogP contribution in [0.4, 0.5) is 10.1 Å². The van der Waals surface area contributed by atoms with Gasteiger partial charge >= 0.3 is 0 Å². The van der Waals surface area contributed by atoms with E-state index in [1.165, 1.54) is 10.4 Å². The summed E-state index contributed by atoms with van der Waals surface area (Å²) >= 11 is 0. The molecule has 2 aromatic rings. The fourth-order valence-corrected chi connectivity index (χ4v) is 4.75. The van der Waals surface area contributed by atoms with E-state index in [-0.39, 0.29) is 17.8 Å². The van der Waals surface area contributed by atoms with E-state index in [1.54, 1.807) is 46.5 Å². The summed E-state index contributed by atoms with van der Waals surface area (Å²) in [5.41, 5.74) is 6.78. The van der Waals surface area contributed by atoms with Crippen LogP contribution < -0.4 is 15.8 Å². The highest BCUT2D eigenvalue weighted by Gasteiger charge is 2.37. The van der Waals surface area contributed by atoms with Crippen molar-refractivity contribution in [3.8, 4) is 5.75 Å². The second-order valence-electron chi connectivity index (χ2n) is 7.86. The Bertz CT molecular complexity index is 988. The van der Waals surface area contributed by atoms with E-state index < -0.39 is 22.3 Å². The van der Waals surface area contributed by atoms with Gasteiger partial charge in [0.25, 0.3) is 0 Å². The van der Waals surface area contributed by atoms with Crippen LogP contribution in [0.2, 0.25) is 0 Å².